The summed E-state index contributed by atoms with van der Waals surface area (Å²) in [5.41, 5.74) is 12.4. The monoisotopic (exact) mass is 518 g/mol. The Morgan fingerprint density at radius 2 is 2.00 bits per heavy atom. The van der Waals surface area contributed by atoms with Crippen LogP contribution in [0.5, 0.6) is 0 Å². The highest BCUT2D eigenvalue weighted by Gasteiger charge is 2.21. The van der Waals surface area contributed by atoms with E-state index in [1.54, 1.807) is 23.5 Å². The summed E-state index contributed by atoms with van der Waals surface area (Å²) in [6, 6.07) is 21.8. The number of nitrogens with zero attached hydrogens (tertiary/aromatic N) is 1. The van der Waals surface area contributed by atoms with Crippen molar-refractivity contribution in [1.29, 1.82) is 0 Å². The normalized spacial score (nSPS) is 14.6. The minimum absolute atomic E-state index is 0.236. The number of rotatable bonds is 5. The number of hydrogen-bond acceptors (Lipinski definition) is 5. The van der Waals surface area contributed by atoms with Crippen molar-refractivity contribution < 1.29 is 9.90 Å². The molecular formula is C31H26N4O2S. The van der Waals surface area contributed by atoms with Crippen molar-refractivity contribution in [2.24, 2.45) is 0 Å². The van der Waals surface area contributed by atoms with E-state index in [-0.39, 0.29) is 5.56 Å². The molecule has 0 bridgehead atoms. The maximum Gasteiger partial charge on any atom is 0.336 e. The zero-order chi connectivity index (χ0) is 26.1. The van der Waals surface area contributed by atoms with Crippen LogP contribution in [0.15, 0.2) is 72.9 Å². The number of aromatic nitrogens is 2. The first-order valence-electron chi connectivity index (χ1n) is 12.6. The van der Waals surface area contributed by atoms with E-state index in [9.17, 15) is 9.90 Å². The van der Waals surface area contributed by atoms with Gasteiger partial charge in [-0.25, -0.2) is 9.78 Å². The molecule has 5 aromatic rings. The number of hydrogen-bond donors (Lipinski definition) is 4. The number of nitrogen functional groups attached to an aromatic ring is 1. The zero-order valence-electron chi connectivity index (χ0n) is 20.6. The number of aromatic carboxylic acids is 1. The van der Waals surface area contributed by atoms with Gasteiger partial charge in [0.2, 0.25) is 0 Å². The van der Waals surface area contributed by atoms with E-state index in [2.05, 4.69) is 39.3 Å². The number of fused-ring (bicyclic) bond motifs is 2. The molecule has 38 heavy (non-hydrogen) atoms. The van der Waals surface area contributed by atoms with Gasteiger partial charge in [0.25, 0.3) is 0 Å². The lowest BCUT2D eigenvalue weighted by Gasteiger charge is -2.22. The third-order valence-electron chi connectivity index (χ3n) is 6.99. The predicted molar refractivity (Wildman–Crippen MR) is 152 cm³/mol. The van der Waals surface area contributed by atoms with Crippen LogP contribution in [0.2, 0.25) is 0 Å². The number of thiazole rings is 1. The van der Waals surface area contributed by atoms with Gasteiger partial charge >= 0.3 is 5.97 Å². The van der Waals surface area contributed by atoms with Crippen molar-refractivity contribution in [3.05, 3.63) is 106 Å². The molecule has 1 atom stereocenters. The molecule has 188 valence electrons. The molecule has 5 N–H and O–H groups in total. The van der Waals surface area contributed by atoms with Crippen LogP contribution < -0.4 is 11.1 Å². The highest BCUT2D eigenvalue weighted by Crippen LogP contribution is 2.31. The summed E-state index contributed by atoms with van der Waals surface area (Å²) in [4.78, 5) is 21.0. The van der Waals surface area contributed by atoms with Gasteiger partial charge in [-0.2, -0.15) is 0 Å². The molecule has 7 heteroatoms. The van der Waals surface area contributed by atoms with Crippen LogP contribution >= 0.6 is 11.3 Å². The average Bonchev–Trinajstić information content (AvgIpc) is 3.55. The van der Waals surface area contributed by atoms with Crippen molar-refractivity contribution in [3.63, 3.8) is 0 Å². The first kappa shape index (κ1) is 24.0. The molecule has 2 aromatic heterocycles. The molecule has 0 aliphatic heterocycles. The first-order chi connectivity index (χ1) is 18.5. The fourth-order valence-electron chi connectivity index (χ4n) is 5.03. The number of carboxylic acids is 1. The maximum atomic E-state index is 12.0. The standard InChI is InChI=1S/C31H26N4O2S/c32-31-35-26-13-12-24(17-28(26)38-31)34-18-20-6-4-19(5-7-20)8-9-22-2-1-3-25(30(36)37)29(22)23-11-10-21-14-15-33-27(21)16-23/h1-7,10-11,14-16,24,33-34H,12-13,17-18H2,(H2,32,35)(H,36,37)/t24-/m1/s1. The van der Waals surface area contributed by atoms with E-state index >= 15 is 0 Å². The number of aryl methyl sites for hydroxylation is 1. The fourth-order valence-corrected chi connectivity index (χ4v) is 5.98. The number of benzene rings is 3. The van der Waals surface area contributed by atoms with Gasteiger partial charge in [0, 0.05) is 45.9 Å². The van der Waals surface area contributed by atoms with Gasteiger partial charge in [-0.1, -0.05) is 42.2 Å². The number of aromatic amines is 1. The molecule has 6 nitrogen and oxygen atoms in total. The maximum absolute atomic E-state index is 12.0. The van der Waals surface area contributed by atoms with E-state index in [1.807, 2.05) is 48.7 Å². The second-order valence-electron chi connectivity index (χ2n) is 9.50. The van der Waals surface area contributed by atoms with Gasteiger partial charge in [0.15, 0.2) is 5.13 Å². The van der Waals surface area contributed by atoms with Crippen LogP contribution in [-0.2, 0) is 19.4 Å². The Balaban J connectivity index is 1.20. The molecule has 0 unspecified atom stereocenters. The lowest BCUT2D eigenvalue weighted by atomic mass is 9.93. The van der Waals surface area contributed by atoms with E-state index in [0.29, 0.717) is 22.3 Å². The largest absolute Gasteiger partial charge is 0.478 e. The van der Waals surface area contributed by atoms with E-state index in [0.717, 1.165) is 53.5 Å². The van der Waals surface area contributed by atoms with Crippen LogP contribution in [0.1, 0.15) is 44.0 Å². The van der Waals surface area contributed by atoms with Gasteiger partial charge in [-0.15, -0.1) is 11.3 Å². The van der Waals surface area contributed by atoms with Gasteiger partial charge < -0.3 is 21.1 Å². The third kappa shape index (κ3) is 4.92. The lowest BCUT2D eigenvalue weighted by Crippen LogP contribution is -2.33. The fraction of sp³-hybridized carbons (Fsp3) is 0.161. The van der Waals surface area contributed by atoms with Gasteiger partial charge in [0.1, 0.15) is 0 Å². The van der Waals surface area contributed by atoms with Crippen LogP contribution in [-0.4, -0.2) is 27.1 Å². The molecule has 0 saturated heterocycles. The second-order valence-corrected chi connectivity index (χ2v) is 10.6. The number of carbonyl (C=O) groups is 1. The topological polar surface area (TPSA) is 104 Å². The van der Waals surface area contributed by atoms with Crippen molar-refractivity contribution >= 4 is 33.3 Å². The minimum Gasteiger partial charge on any atom is -0.478 e. The molecule has 1 aliphatic rings. The molecule has 0 radical (unpaired) electrons. The Morgan fingerprint density at radius 3 is 2.84 bits per heavy atom. The Labute approximate surface area is 224 Å². The summed E-state index contributed by atoms with van der Waals surface area (Å²) in [6.45, 7) is 0.786. The number of carboxylic acid groups (broad SMARTS) is 1. The van der Waals surface area contributed by atoms with Crippen LogP contribution in [0.25, 0.3) is 22.0 Å². The van der Waals surface area contributed by atoms with Crippen LogP contribution in [0.4, 0.5) is 5.13 Å². The molecule has 0 saturated carbocycles. The molecule has 6 rings (SSSR count). The summed E-state index contributed by atoms with van der Waals surface area (Å²) in [5, 5.41) is 15.3. The predicted octanol–water partition coefficient (Wildman–Crippen LogP) is 5.62. The van der Waals surface area contributed by atoms with Crippen LogP contribution in [0, 0.1) is 11.8 Å². The highest BCUT2D eigenvalue weighted by atomic mass is 32.1. The molecule has 1 aliphatic carbocycles. The van der Waals surface area contributed by atoms with Gasteiger partial charge in [-0.3, -0.25) is 0 Å². The first-order valence-corrected chi connectivity index (χ1v) is 13.4. The number of nitrogens with two attached hydrogens (primary N) is 1. The van der Waals surface area contributed by atoms with E-state index in [4.69, 9.17) is 5.73 Å². The van der Waals surface area contributed by atoms with Gasteiger partial charge in [-0.05, 0) is 72.2 Å². The van der Waals surface area contributed by atoms with Crippen molar-refractivity contribution in [1.82, 2.24) is 15.3 Å². The Bertz CT molecular complexity index is 1710. The molecule has 0 spiro atoms. The summed E-state index contributed by atoms with van der Waals surface area (Å²) in [7, 11) is 0. The number of H-pyrrole nitrogens is 1. The Kier molecular flexibility index (Phi) is 6.42. The van der Waals surface area contributed by atoms with Crippen molar-refractivity contribution in [3.8, 4) is 23.0 Å². The minimum atomic E-state index is -0.972. The molecule has 3 aromatic carbocycles. The van der Waals surface area contributed by atoms with Crippen molar-refractivity contribution in [2.45, 2.75) is 31.8 Å². The molecule has 0 fully saturated rings. The van der Waals surface area contributed by atoms with E-state index in [1.165, 1.54) is 10.4 Å². The Morgan fingerprint density at radius 1 is 1.13 bits per heavy atom. The molecule has 2 heterocycles. The van der Waals surface area contributed by atoms with Crippen molar-refractivity contribution in [2.75, 3.05) is 5.73 Å². The quantitative estimate of drug-likeness (QED) is 0.226. The highest BCUT2D eigenvalue weighted by molar-refractivity contribution is 7.15. The SMILES string of the molecule is Nc1nc2c(s1)C[C@H](NCc1ccc(C#Cc3cccc(C(=O)O)c3-c3ccc4cc[nH]c4c3)cc1)CC2. The Hall–Kier alpha value is -4.38. The molecule has 0 amide bonds. The summed E-state index contributed by atoms with van der Waals surface area (Å²) >= 11 is 1.60. The number of anilines is 1. The second kappa shape index (κ2) is 10.2. The molecular weight excluding hydrogens is 492 g/mol. The lowest BCUT2D eigenvalue weighted by molar-refractivity contribution is 0.0697. The summed E-state index contributed by atoms with van der Waals surface area (Å²) < 4.78 is 0. The van der Waals surface area contributed by atoms with Gasteiger partial charge in [0.05, 0.1) is 11.3 Å². The van der Waals surface area contributed by atoms with E-state index < -0.39 is 5.97 Å². The third-order valence-corrected chi connectivity index (χ3v) is 7.93. The summed E-state index contributed by atoms with van der Waals surface area (Å²) in [5.74, 6) is 5.48. The zero-order valence-corrected chi connectivity index (χ0v) is 21.4. The smallest absolute Gasteiger partial charge is 0.336 e. The average molecular weight is 519 g/mol. The van der Waals surface area contributed by atoms with Crippen LogP contribution in [0.3, 0.4) is 0 Å². The summed E-state index contributed by atoms with van der Waals surface area (Å²) in [6.07, 6.45) is 4.88. The number of nitrogens with one attached hydrogen (secondary N) is 2.